The highest BCUT2D eigenvalue weighted by Crippen LogP contribution is 2.22. The van der Waals surface area contributed by atoms with Crippen LogP contribution < -0.4 is 10.9 Å². The van der Waals surface area contributed by atoms with Gasteiger partial charge >= 0.3 is 0 Å². The van der Waals surface area contributed by atoms with Crippen LogP contribution in [0.15, 0.2) is 70.6 Å². The average Bonchev–Trinajstić information content (AvgIpc) is 3.09. The fourth-order valence-corrected chi connectivity index (χ4v) is 3.77. The van der Waals surface area contributed by atoms with Gasteiger partial charge < -0.3 is 10.3 Å². The molecule has 4 rings (SSSR count). The molecule has 0 fully saturated rings. The van der Waals surface area contributed by atoms with Crippen molar-refractivity contribution in [1.82, 2.24) is 14.5 Å². The van der Waals surface area contributed by atoms with Crippen LogP contribution in [0.25, 0.3) is 16.7 Å². The van der Waals surface area contributed by atoms with Crippen LogP contribution in [0.3, 0.4) is 0 Å². The molecular formula is C21H17FN4O2S. The summed E-state index contributed by atoms with van der Waals surface area (Å²) in [6, 6.07) is 16.9. The number of benzene rings is 2. The fraction of sp³-hybridized carbons (Fsp3) is 0.0952. The summed E-state index contributed by atoms with van der Waals surface area (Å²) in [5, 5.41) is 2.93. The molecule has 0 aliphatic carbocycles. The van der Waals surface area contributed by atoms with Crippen molar-refractivity contribution < 1.29 is 9.18 Å². The first kappa shape index (κ1) is 18.9. The summed E-state index contributed by atoms with van der Waals surface area (Å²) in [5.41, 5.74) is 2.29. The minimum absolute atomic E-state index is 0.0253. The summed E-state index contributed by atoms with van der Waals surface area (Å²) >= 11 is 1.12. The molecule has 0 spiro atoms. The molecule has 2 aromatic heterocycles. The second-order valence-corrected chi connectivity index (χ2v) is 7.34. The lowest BCUT2D eigenvalue weighted by molar-refractivity contribution is -0.113. The summed E-state index contributed by atoms with van der Waals surface area (Å²) in [6.45, 7) is 1.85. The maximum absolute atomic E-state index is 13.7. The van der Waals surface area contributed by atoms with E-state index in [1.165, 1.54) is 16.7 Å². The van der Waals surface area contributed by atoms with Crippen LogP contribution in [0.1, 0.15) is 5.69 Å². The van der Waals surface area contributed by atoms with Crippen LogP contribution in [0.2, 0.25) is 0 Å². The van der Waals surface area contributed by atoms with Crippen LogP contribution >= 0.6 is 11.8 Å². The number of carbonyl (C=O) groups is 1. The molecule has 0 saturated carbocycles. The van der Waals surface area contributed by atoms with Gasteiger partial charge in [-0.1, -0.05) is 42.1 Å². The number of amides is 1. The summed E-state index contributed by atoms with van der Waals surface area (Å²) in [4.78, 5) is 33.0. The lowest BCUT2D eigenvalue weighted by Crippen LogP contribution is -2.23. The molecular weight excluding hydrogens is 391 g/mol. The number of fused-ring (bicyclic) bond motifs is 1. The number of aryl methyl sites for hydroxylation is 1. The number of hydrogen-bond acceptors (Lipinski definition) is 4. The van der Waals surface area contributed by atoms with Gasteiger partial charge in [0.15, 0.2) is 5.16 Å². The predicted molar refractivity (Wildman–Crippen MR) is 112 cm³/mol. The summed E-state index contributed by atoms with van der Waals surface area (Å²) in [5.74, 6) is -0.920. The SMILES string of the molecule is Cc1cc2nc(SCC(=O)Nc3ccccc3F)n(-c3ccccc3)c(=O)c2[nH]1. The zero-order valence-corrected chi connectivity index (χ0v) is 16.3. The molecule has 8 heteroatoms. The molecule has 0 aliphatic rings. The topological polar surface area (TPSA) is 79.8 Å². The van der Waals surface area contributed by atoms with Crippen LogP contribution in [0.4, 0.5) is 10.1 Å². The normalized spacial score (nSPS) is 11.0. The Morgan fingerprint density at radius 3 is 2.66 bits per heavy atom. The molecule has 29 heavy (non-hydrogen) atoms. The highest BCUT2D eigenvalue weighted by Gasteiger charge is 2.16. The van der Waals surface area contributed by atoms with E-state index in [-0.39, 0.29) is 22.9 Å². The third kappa shape index (κ3) is 3.93. The number of thioether (sulfide) groups is 1. The number of hydrogen-bond donors (Lipinski definition) is 2. The van der Waals surface area contributed by atoms with Gasteiger partial charge in [-0.05, 0) is 37.3 Å². The van der Waals surface area contributed by atoms with Gasteiger partial charge in [0.2, 0.25) is 5.91 Å². The first-order valence-electron chi connectivity index (χ1n) is 8.88. The third-order valence-electron chi connectivity index (χ3n) is 4.25. The quantitative estimate of drug-likeness (QED) is 0.388. The molecule has 0 bridgehead atoms. The number of H-pyrrole nitrogens is 1. The van der Waals surface area contributed by atoms with Crippen LogP contribution in [0.5, 0.6) is 0 Å². The maximum Gasteiger partial charge on any atom is 0.283 e. The Morgan fingerprint density at radius 1 is 1.17 bits per heavy atom. The molecule has 0 aliphatic heterocycles. The molecule has 0 radical (unpaired) electrons. The van der Waals surface area contributed by atoms with Crippen LogP contribution in [-0.4, -0.2) is 26.2 Å². The molecule has 2 aromatic carbocycles. The maximum atomic E-state index is 13.7. The van der Waals surface area contributed by atoms with E-state index in [1.54, 1.807) is 30.3 Å². The number of nitrogens with zero attached hydrogens (tertiary/aromatic N) is 2. The van der Waals surface area contributed by atoms with Crippen LogP contribution in [-0.2, 0) is 4.79 Å². The molecule has 1 amide bonds. The molecule has 6 nitrogen and oxygen atoms in total. The van der Waals surface area contributed by atoms with Crippen molar-refractivity contribution in [2.75, 3.05) is 11.1 Å². The fourth-order valence-electron chi connectivity index (χ4n) is 2.96. The first-order chi connectivity index (χ1) is 14.0. The smallest absolute Gasteiger partial charge is 0.283 e. The Labute approximate surface area is 169 Å². The van der Waals surface area contributed by atoms with E-state index in [0.717, 1.165) is 17.5 Å². The monoisotopic (exact) mass is 408 g/mol. The van der Waals surface area contributed by atoms with Crippen molar-refractivity contribution in [2.24, 2.45) is 0 Å². The Morgan fingerprint density at radius 2 is 1.90 bits per heavy atom. The number of carbonyl (C=O) groups excluding carboxylic acids is 1. The average molecular weight is 408 g/mol. The number of para-hydroxylation sites is 2. The number of halogens is 1. The molecule has 146 valence electrons. The van der Waals surface area contributed by atoms with Gasteiger partial charge in [-0.15, -0.1) is 0 Å². The van der Waals surface area contributed by atoms with Crippen molar-refractivity contribution >= 4 is 34.4 Å². The lowest BCUT2D eigenvalue weighted by Gasteiger charge is -2.12. The predicted octanol–water partition coefficient (Wildman–Crippen LogP) is 3.89. The van der Waals surface area contributed by atoms with Crippen molar-refractivity contribution in [3.05, 3.63) is 82.5 Å². The van der Waals surface area contributed by atoms with Gasteiger partial charge in [0, 0.05) is 5.69 Å². The number of rotatable bonds is 5. The van der Waals surface area contributed by atoms with Crippen molar-refractivity contribution in [1.29, 1.82) is 0 Å². The van der Waals surface area contributed by atoms with E-state index in [2.05, 4.69) is 15.3 Å². The Balaban J connectivity index is 1.66. The van der Waals surface area contributed by atoms with Gasteiger partial charge in [-0.3, -0.25) is 14.2 Å². The van der Waals surface area contributed by atoms with E-state index >= 15 is 0 Å². The molecule has 0 unspecified atom stereocenters. The van der Waals surface area contributed by atoms with Crippen molar-refractivity contribution in [3.8, 4) is 5.69 Å². The molecule has 2 N–H and O–H groups in total. The van der Waals surface area contributed by atoms with Gasteiger partial charge in [0.25, 0.3) is 5.56 Å². The van der Waals surface area contributed by atoms with Crippen molar-refractivity contribution in [3.63, 3.8) is 0 Å². The lowest BCUT2D eigenvalue weighted by atomic mass is 10.3. The first-order valence-corrected chi connectivity index (χ1v) is 9.86. The van der Waals surface area contributed by atoms with E-state index in [4.69, 9.17) is 0 Å². The van der Waals surface area contributed by atoms with E-state index in [1.807, 2.05) is 25.1 Å². The van der Waals surface area contributed by atoms with E-state index < -0.39 is 5.82 Å². The molecule has 2 heterocycles. The Bertz CT molecular complexity index is 1250. The number of aromatic nitrogens is 3. The second kappa shape index (κ2) is 7.92. The van der Waals surface area contributed by atoms with Gasteiger partial charge in [0.1, 0.15) is 11.3 Å². The number of anilines is 1. The van der Waals surface area contributed by atoms with Gasteiger partial charge in [-0.2, -0.15) is 0 Å². The Hall–Kier alpha value is -3.39. The van der Waals surface area contributed by atoms with Crippen LogP contribution in [0, 0.1) is 12.7 Å². The summed E-state index contributed by atoms with van der Waals surface area (Å²) in [7, 11) is 0. The highest BCUT2D eigenvalue weighted by molar-refractivity contribution is 7.99. The molecule has 4 aromatic rings. The third-order valence-corrected chi connectivity index (χ3v) is 5.19. The minimum Gasteiger partial charge on any atom is -0.353 e. The summed E-state index contributed by atoms with van der Waals surface area (Å²) in [6.07, 6.45) is 0. The second-order valence-electron chi connectivity index (χ2n) is 6.40. The van der Waals surface area contributed by atoms with Gasteiger partial charge in [0.05, 0.1) is 22.6 Å². The van der Waals surface area contributed by atoms with E-state index in [0.29, 0.717) is 21.9 Å². The molecule has 0 atom stereocenters. The van der Waals surface area contributed by atoms with Gasteiger partial charge in [-0.25, -0.2) is 9.37 Å². The Kier molecular flexibility index (Phi) is 5.18. The zero-order valence-electron chi connectivity index (χ0n) is 15.5. The minimum atomic E-state index is -0.505. The van der Waals surface area contributed by atoms with Crippen molar-refractivity contribution in [2.45, 2.75) is 12.1 Å². The van der Waals surface area contributed by atoms with E-state index in [9.17, 15) is 14.0 Å². The standard InChI is InChI=1S/C21H17FN4O2S/c1-13-11-17-19(23-13)20(28)26(14-7-3-2-4-8-14)21(25-17)29-12-18(27)24-16-10-6-5-9-15(16)22/h2-11,23H,12H2,1H3,(H,24,27). The highest BCUT2D eigenvalue weighted by atomic mass is 32.2. The number of nitrogens with one attached hydrogen (secondary N) is 2. The number of aromatic amines is 1. The zero-order chi connectivity index (χ0) is 20.4. The molecule has 0 saturated heterocycles. The summed E-state index contributed by atoms with van der Waals surface area (Å²) < 4.78 is 15.2. The largest absolute Gasteiger partial charge is 0.353 e.